The molecule has 1 fully saturated rings. The molecule has 1 aromatic rings. The minimum atomic E-state index is 0.424. The summed E-state index contributed by atoms with van der Waals surface area (Å²) in [6, 6.07) is 6.10. The summed E-state index contributed by atoms with van der Waals surface area (Å²) in [7, 11) is 0. The standard InChI is InChI=1S/C14H21BrN2S/c1-14(2)5-6-17(7-8-18-14)10-11-3-4-12(16)9-13(11)15/h3-4,9H,5-8,10,16H2,1-2H3. The maximum Gasteiger partial charge on any atom is 0.0325 e. The number of rotatable bonds is 2. The van der Waals surface area contributed by atoms with Crippen molar-refractivity contribution in [3.63, 3.8) is 0 Å². The average Bonchev–Trinajstić information content (AvgIpc) is 2.44. The van der Waals surface area contributed by atoms with Crippen LogP contribution in [0, 0.1) is 0 Å². The van der Waals surface area contributed by atoms with Gasteiger partial charge in [-0.1, -0.05) is 35.8 Å². The average molecular weight is 329 g/mol. The third-order valence-corrected chi connectivity index (χ3v) is 5.51. The molecule has 1 aromatic carbocycles. The second-order valence-electron chi connectivity index (χ2n) is 5.49. The first-order chi connectivity index (χ1) is 8.46. The van der Waals surface area contributed by atoms with Gasteiger partial charge in [-0.2, -0.15) is 11.8 Å². The first-order valence-electron chi connectivity index (χ1n) is 6.36. The summed E-state index contributed by atoms with van der Waals surface area (Å²) < 4.78 is 1.55. The molecule has 0 aromatic heterocycles. The monoisotopic (exact) mass is 328 g/mol. The van der Waals surface area contributed by atoms with E-state index in [-0.39, 0.29) is 0 Å². The van der Waals surface area contributed by atoms with Crippen LogP contribution in [0.3, 0.4) is 0 Å². The first kappa shape index (κ1) is 14.2. The lowest BCUT2D eigenvalue weighted by Crippen LogP contribution is -2.27. The Kier molecular flexibility index (Phi) is 4.62. The fourth-order valence-electron chi connectivity index (χ4n) is 2.15. The molecular weight excluding hydrogens is 308 g/mol. The van der Waals surface area contributed by atoms with Gasteiger partial charge in [-0.15, -0.1) is 0 Å². The van der Waals surface area contributed by atoms with E-state index >= 15 is 0 Å². The summed E-state index contributed by atoms with van der Waals surface area (Å²) in [4.78, 5) is 2.54. The Bertz CT molecular complexity index is 420. The third kappa shape index (κ3) is 3.90. The molecule has 0 unspecified atom stereocenters. The van der Waals surface area contributed by atoms with E-state index in [1.54, 1.807) is 0 Å². The maximum atomic E-state index is 5.77. The minimum absolute atomic E-state index is 0.424. The van der Waals surface area contributed by atoms with E-state index in [1.165, 1.54) is 30.8 Å². The lowest BCUT2D eigenvalue weighted by atomic mass is 10.1. The van der Waals surface area contributed by atoms with Crippen molar-refractivity contribution in [1.29, 1.82) is 0 Å². The van der Waals surface area contributed by atoms with Crippen LogP contribution in [0.15, 0.2) is 22.7 Å². The van der Waals surface area contributed by atoms with Crippen LogP contribution in [0.4, 0.5) is 5.69 Å². The minimum Gasteiger partial charge on any atom is -0.399 e. The van der Waals surface area contributed by atoms with Crippen LogP contribution in [-0.4, -0.2) is 28.5 Å². The van der Waals surface area contributed by atoms with Crippen LogP contribution < -0.4 is 5.73 Å². The SMILES string of the molecule is CC1(C)CCN(Cc2ccc(N)cc2Br)CCS1. The van der Waals surface area contributed by atoms with Crippen molar-refractivity contribution in [3.8, 4) is 0 Å². The Hall–Kier alpha value is -0.190. The van der Waals surface area contributed by atoms with Gasteiger partial charge < -0.3 is 5.73 Å². The Morgan fingerprint density at radius 1 is 1.39 bits per heavy atom. The van der Waals surface area contributed by atoms with Crippen LogP contribution in [0.25, 0.3) is 0 Å². The molecule has 1 heterocycles. The van der Waals surface area contributed by atoms with E-state index in [0.29, 0.717) is 4.75 Å². The molecule has 1 saturated heterocycles. The van der Waals surface area contributed by atoms with Crippen molar-refractivity contribution in [2.24, 2.45) is 0 Å². The Labute approximate surface area is 122 Å². The molecule has 100 valence electrons. The predicted molar refractivity (Wildman–Crippen MR) is 85.0 cm³/mol. The van der Waals surface area contributed by atoms with Crippen LogP contribution in [0.2, 0.25) is 0 Å². The first-order valence-corrected chi connectivity index (χ1v) is 8.14. The number of nitrogens with two attached hydrogens (primary N) is 1. The van der Waals surface area contributed by atoms with Crippen molar-refractivity contribution in [1.82, 2.24) is 4.90 Å². The van der Waals surface area contributed by atoms with Crippen LogP contribution >= 0.6 is 27.7 Å². The van der Waals surface area contributed by atoms with Gasteiger partial charge in [0.15, 0.2) is 0 Å². The normalized spacial score (nSPS) is 20.6. The van der Waals surface area contributed by atoms with Gasteiger partial charge in [0.05, 0.1) is 0 Å². The summed E-state index contributed by atoms with van der Waals surface area (Å²) in [6.07, 6.45) is 1.25. The second-order valence-corrected chi connectivity index (χ2v) is 8.14. The molecule has 0 saturated carbocycles. The zero-order valence-electron chi connectivity index (χ0n) is 11.1. The number of nitrogens with zero attached hydrogens (tertiary/aromatic N) is 1. The van der Waals surface area contributed by atoms with Crippen LogP contribution in [0.1, 0.15) is 25.8 Å². The molecule has 0 radical (unpaired) electrons. The summed E-state index contributed by atoms with van der Waals surface area (Å²) in [6.45, 7) is 8.06. The maximum absolute atomic E-state index is 5.77. The molecule has 1 aliphatic heterocycles. The highest BCUT2D eigenvalue weighted by molar-refractivity contribution is 9.10. The number of nitrogen functional groups attached to an aromatic ring is 1. The fourth-order valence-corrected chi connectivity index (χ4v) is 3.81. The van der Waals surface area contributed by atoms with Gasteiger partial charge in [-0.05, 0) is 30.7 Å². The van der Waals surface area contributed by atoms with Crippen molar-refractivity contribution in [2.45, 2.75) is 31.6 Å². The molecule has 18 heavy (non-hydrogen) atoms. The van der Waals surface area contributed by atoms with Crippen molar-refractivity contribution in [2.75, 3.05) is 24.6 Å². The topological polar surface area (TPSA) is 29.3 Å². The molecule has 0 amide bonds. The van der Waals surface area contributed by atoms with Gasteiger partial charge in [0.2, 0.25) is 0 Å². The molecule has 2 N–H and O–H groups in total. The molecular formula is C14H21BrN2S. The second kappa shape index (κ2) is 5.85. The molecule has 0 bridgehead atoms. The highest BCUT2D eigenvalue weighted by Crippen LogP contribution is 2.31. The molecule has 1 aliphatic rings. The number of hydrogen-bond acceptors (Lipinski definition) is 3. The molecule has 0 aliphatic carbocycles. The molecule has 2 nitrogen and oxygen atoms in total. The van der Waals surface area contributed by atoms with E-state index in [1.807, 2.05) is 12.1 Å². The zero-order valence-corrected chi connectivity index (χ0v) is 13.5. The van der Waals surface area contributed by atoms with Gasteiger partial charge in [-0.3, -0.25) is 4.90 Å². The summed E-state index contributed by atoms with van der Waals surface area (Å²) in [5.41, 5.74) is 7.92. The van der Waals surface area contributed by atoms with Gasteiger partial charge in [0.1, 0.15) is 0 Å². The number of anilines is 1. The summed E-state index contributed by atoms with van der Waals surface area (Å²) in [5.74, 6) is 1.22. The molecule has 0 spiro atoms. The van der Waals surface area contributed by atoms with Crippen LogP contribution in [-0.2, 0) is 6.54 Å². The van der Waals surface area contributed by atoms with Crippen molar-refractivity contribution < 1.29 is 0 Å². The van der Waals surface area contributed by atoms with E-state index < -0.39 is 0 Å². The Morgan fingerprint density at radius 3 is 2.89 bits per heavy atom. The fraction of sp³-hybridized carbons (Fsp3) is 0.571. The van der Waals surface area contributed by atoms with E-state index in [9.17, 15) is 0 Å². The highest BCUT2D eigenvalue weighted by Gasteiger charge is 2.23. The summed E-state index contributed by atoms with van der Waals surface area (Å²) >= 11 is 5.69. The highest BCUT2D eigenvalue weighted by atomic mass is 79.9. The van der Waals surface area contributed by atoms with Crippen molar-refractivity contribution in [3.05, 3.63) is 28.2 Å². The predicted octanol–water partition coefficient (Wildman–Crippen LogP) is 3.75. The number of benzene rings is 1. The Balaban J connectivity index is 2.01. The lowest BCUT2D eigenvalue weighted by Gasteiger charge is -2.23. The number of halogens is 1. The van der Waals surface area contributed by atoms with Crippen LogP contribution in [0.5, 0.6) is 0 Å². The Morgan fingerprint density at radius 2 is 2.17 bits per heavy atom. The van der Waals surface area contributed by atoms with E-state index in [4.69, 9.17) is 5.73 Å². The third-order valence-electron chi connectivity index (χ3n) is 3.40. The quantitative estimate of drug-likeness (QED) is 0.838. The van der Waals surface area contributed by atoms with Gasteiger partial charge in [0.25, 0.3) is 0 Å². The van der Waals surface area contributed by atoms with E-state index in [0.717, 1.165) is 16.7 Å². The number of thioether (sulfide) groups is 1. The van der Waals surface area contributed by atoms with E-state index in [2.05, 4.69) is 52.5 Å². The smallest absolute Gasteiger partial charge is 0.0325 e. The zero-order chi connectivity index (χ0) is 13.2. The molecule has 0 atom stereocenters. The van der Waals surface area contributed by atoms with Gasteiger partial charge in [-0.25, -0.2) is 0 Å². The molecule has 4 heteroatoms. The lowest BCUT2D eigenvalue weighted by molar-refractivity contribution is 0.276. The van der Waals surface area contributed by atoms with Gasteiger partial charge in [0, 0.05) is 33.7 Å². The molecule has 2 rings (SSSR count). The number of hydrogen-bond donors (Lipinski definition) is 1. The van der Waals surface area contributed by atoms with Crippen molar-refractivity contribution >= 4 is 33.4 Å². The summed E-state index contributed by atoms with van der Waals surface area (Å²) in [5, 5.41) is 0. The largest absolute Gasteiger partial charge is 0.399 e. The van der Waals surface area contributed by atoms with Gasteiger partial charge >= 0.3 is 0 Å².